The second kappa shape index (κ2) is 5.95. The number of carbonyl (C=O) groups is 1. The van der Waals surface area contributed by atoms with Crippen LogP contribution < -0.4 is 11.1 Å². The Labute approximate surface area is 127 Å². The van der Waals surface area contributed by atoms with E-state index in [0.717, 1.165) is 5.56 Å². The molecular weight excluding hydrogens is 278 g/mol. The van der Waals surface area contributed by atoms with E-state index < -0.39 is 0 Å². The highest BCUT2D eigenvalue weighted by atomic mass is 16.1. The van der Waals surface area contributed by atoms with E-state index in [9.17, 15) is 4.79 Å². The van der Waals surface area contributed by atoms with E-state index >= 15 is 0 Å². The third-order valence-corrected chi connectivity index (χ3v) is 3.59. The molecular formula is C16H17N5O. The summed E-state index contributed by atoms with van der Waals surface area (Å²) in [5.74, 6) is -0.184. The summed E-state index contributed by atoms with van der Waals surface area (Å²) in [6, 6.07) is 9.40. The fourth-order valence-electron chi connectivity index (χ4n) is 2.28. The van der Waals surface area contributed by atoms with Gasteiger partial charge in [-0.3, -0.25) is 9.89 Å². The predicted octanol–water partition coefficient (Wildman–Crippen LogP) is 1.70. The van der Waals surface area contributed by atoms with Crippen LogP contribution in [0.5, 0.6) is 0 Å². The number of amides is 1. The molecule has 3 aromatic rings. The molecule has 6 nitrogen and oxygen atoms in total. The smallest absolute Gasteiger partial charge is 0.252 e. The number of rotatable bonds is 4. The quantitative estimate of drug-likeness (QED) is 0.682. The van der Waals surface area contributed by atoms with Crippen LogP contribution in [0.3, 0.4) is 0 Å². The largest absolute Gasteiger partial charge is 0.350 e. The first kappa shape index (κ1) is 14.2. The molecule has 22 heavy (non-hydrogen) atoms. The van der Waals surface area contributed by atoms with Gasteiger partial charge in [-0.25, -0.2) is 4.98 Å². The lowest BCUT2D eigenvalue weighted by Crippen LogP contribution is -2.32. The van der Waals surface area contributed by atoms with E-state index in [0.29, 0.717) is 23.1 Å². The van der Waals surface area contributed by atoms with E-state index in [1.165, 1.54) is 5.56 Å². The number of benzene rings is 1. The van der Waals surface area contributed by atoms with E-state index in [2.05, 4.69) is 20.5 Å². The fourth-order valence-corrected chi connectivity index (χ4v) is 2.28. The SMILES string of the molecule is Cc1ccc(C(N)CNC(=O)c2ccnc3[nH]ncc23)cc1. The van der Waals surface area contributed by atoms with E-state index in [-0.39, 0.29) is 11.9 Å². The van der Waals surface area contributed by atoms with Gasteiger partial charge in [0.05, 0.1) is 17.1 Å². The highest BCUT2D eigenvalue weighted by molar-refractivity contribution is 6.05. The molecule has 0 aliphatic heterocycles. The van der Waals surface area contributed by atoms with Crippen LogP contribution in [0.25, 0.3) is 11.0 Å². The number of aromatic nitrogens is 3. The van der Waals surface area contributed by atoms with Crippen LogP contribution in [-0.2, 0) is 0 Å². The number of H-pyrrole nitrogens is 1. The molecule has 112 valence electrons. The van der Waals surface area contributed by atoms with Crippen LogP contribution >= 0.6 is 0 Å². The van der Waals surface area contributed by atoms with Crippen LogP contribution in [0.15, 0.2) is 42.7 Å². The highest BCUT2D eigenvalue weighted by Gasteiger charge is 2.13. The van der Waals surface area contributed by atoms with E-state index in [1.807, 2.05) is 31.2 Å². The molecule has 6 heteroatoms. The Morgan fingerprint density at radius 1 is 1.32 bits per heavy atom. The summed E-state index contributed by atoms with van der Waals surface area (Å²) in [4.78, 5) is 16.4. The lowest BCUT2D eigenvalue weighted by Gasteiger charge is -2.13. The first-order valence-electron chi connectivity index (χ1n) is 7.03. The zero-order valence-corrected chi connectivity index (χ0v) is 12.2. The van der Waals surface area contributed by atoms with Crippen molar-refractivity contribution in [3.05, 3.63) is 59.4 Å². The summed E-state index contributed by atoms with van der Waals surface area (Å²) >= 11 is 0. The maximum atomic E-state index is 12.3. The lowest BCUT2D eigenvalue weighted by atomic mass is 10.1. The molecule has 1 aromatic carbocycles. The normalized spacial score (nSPS) is 12.3. The van der Waals surface area contributed by atoms with Gasteiger partial charge in [0, 0.05) is 18.8 Å². The number of aromatic amines is 1. The summed E-state index contributed by atoms with van der Waals surface area (Å²) in [5.41, 5.74) is 9.42. The van der Waals surface area contributed by atoms with Gasteiger partial charge in [-0.2, -0.15) is 5.10 Å². The minimum Gasteiger partial charge on any atom is -0.350 e. The number of nitrogens with zero attached hydrogens (tertiary/aromatic N) is 2. The van der Waals surface area contributed by atoms with Crippen LogP contribution in [0.4, 0.5) is 0 Å². The number of fused-ring (bicyclic) bond motifs is 1. The third kappa shape index (κ3) is 2.82. The number of aryl methyl sites for hydroxylation is 1. The van der Waals surface area contributed by atoms with Crippen molar-refractivity contribution in [2.45, 2.75) is 13.0 Å². The summed E-state index contributed by atoms with van der Waals surface area (Å²) in [6.45, 7) is 2.39. The van der Waals surface area contributed by atoms with Gasteiger partial charge in [-0.15, -0.1) is 0 Å². The predicted molar refractivity (Wildman–Crippen MR) is 84.3 cm³/mol. The number of pyridine rings is 1. The minimum absolute atomic E-state index is 0.184. The van der Waals surface area contributed by atoms with Crippen molar-refractivity contribution in [3.63, 3.8) is 0 Å². The topological polar surface area (TPSA) is 96.7 Å². The Morgan fingerprint density at radius 2 is 2.09 bits per heavy atom. The molecule has 0 saturated carbocycles. The maximum absolute atomic E-state index is 12.3. The Kier molecular flexibility index (Phi) is 3.84. The minimum atomic E-state index is -0.244. The number of carbonyl (C=O) groups excluding carboxylic acids is 1. The first-order chi connectivity index (χ1) is 10.6. The Bertz CT molecular complexity index is 794. The molecule has 1 amide bonds. The van der Waals surface area contributed by atoms with Gasteiger partial charge in [0.25, 0.3) is 5.91 Å². The highest BCUT2D eigenvalue weighted by Crippen LogP contribution is 2.14. The number of hydrogen-bond donors (Lipinski definition) is 3. The number of hydrogen-bond acceptors (Lipinski definition) is 4. The maximum Gasteiger partial charge on any atom is 0.252 e. The van der Waals surface area contributed by atoms with Crippen molar-refractivity contribution in [2.75, 3.05) is 6.54 Å². The summed E-state index contributed by atoms with van der Waals surface area (Å²) in [6.07, 6.45) is 3.17. The van der Waals surface area contributed by atoms with Gasteiger partial charge in [0.15, 0.2) is 5.65 Å². The second-order valence-corrected chi connectivity index (χ2v) is 5.22. The lowest BCUT2D eigenvalue weighted by molar-refractivity contribution is 0.0953. The van der Waals surface area contributed by atoms with Crippen LogP contribution in [0, 0.1) is 6.92 Å². The Morgan fingerprint density at radius 3 is 2.86 bits per heavy atom. The Hall–Kier alpha value is -2.73. The van der Waals surface area contributed by atoms with Gasteiger partial charge < -0.3 is 11.1 Å². The van der Waals surface area contributed by atoms with Gasteiger partial charge >= 0.3 is 0 Å². The monoisotopic (exact) mass is 295 g/mol. The molecule has 0 aliphatic carbocycles. The molecule has 2 aromatic heterocycles. The van der Waals surface area contributed by atoms with Crippen molar-refractivity contribution in [1.29, 1.82) is 0 Å². The van der Waals surface area contributed by atoms with Crippen molar-refractivity contribution in [3.8, 4) is 0 Å². The molecule has 3 rings (SSSR count). The average Bonchev–Trinajstić information content (AvgIpc) is 3.01. The number of nitrogens with two attached hydrogens (primary N) is 1. The fraction of sp³-hybridized carbons (Fsp3) is 0.188. The molecule has 1 atom stereocenters. The van der Waals surface area contributed by atoms with Crippen LogP contribution in [-0.4, -0.2) is 27.6 Å². The van der Waals surface area contributed by atoms with Gasteiger partial charge in [0.2, 0.25) is 0 Å². The van der Waals surface area contributed by atoms with Crippen molar-refractivity contribution in [2.24, 2.45) is 5.73 Å². The molecule has 1 unspecified atom stereocenters. The molecule has 0 spiro atoms. The standard InChI is InChI=1S/C16H17N5O/c1-10-2-4-11(5-3-10)14(17)9-19-16(22)12-6-7-18-15-13(12)8-20-21-15/h2-8,14H,9,17H2,1H3,(H,19,22)(H,18,20,21). The van der Waals surface area contributed by atoms with E-state index in [1.54, 1.807) is 18.5 Å². The van der Waals surface area contributed by atoms with Gasteiger partial charge in [-0.05, 0) is 18.6 Å². The Balaban J connectivity index is 1.69. The molecule has 0 fully saturated rings. The van der Waals surface area contributed by atoms with Gasteiger partial charge in [0.1, 0.15) is 0 Å². The molecule has 2 heterocycles. The van der Waals surface area contributed by atoms with Crippen molar-refractivity contribution in [1.82, 2.24) is 20.5 Å². The third-order valence-electron chi connectivity index (χ3n) is 3.59. The molecule has 0 saturated heterocycles. The summed E-state index contributed by atoms with van der Waals surface area (Å²) < 4.78 is 0. The molecule has 0 radical (unpaired) electrons. The van der Waals surface area contributed by atoms with Crippen LogP contribution in [0.2, 0.25) is 0 Å². The molecule has 4 N–H and O–H groups in total. The number of nitrogens with one attached hydrogen (secondary N) is 2. The van der Waals surface area contributed by atoms with Gasteiger partial charge in [-0.1, -0.05) is 29.8 Å². The van der Waals surface area contributed by atoms with Crippen LogP contribution in [0.1, 0.15) is 27.5 Å². The summed E-state index contributed by atoms with van der Waals surface area (Å²) in [7, 11) is 0. The van der Waals surface area contributed by atoms with Crippen molar-refractivity contribution >= 4 is 16.9 Å². The summed E-state index contributed by atoms with van der Waals surface area (Å²) in [5, 5.41) is 10.2. The molecule has 0 bridgehead atoms. The van der Waals surface area contributed by atoms with E-state index in [4.69, 9.17) is 5.73 Å². The zero-order chi connectivity index (χ0) is 15.5. The zero-order valence-electron chi connectivity index (χ0n) is 12.2. The molecule has 0 aliphatic rings. The van der Waals surface area contributed by atoms with Crippen molar-refractivity contribution < 1.29 is 4.79 Å². The average molecular weight is 295 g/mol. The second-order valence-electron chi connectivity index (χ2n) is 5.22. The first-order valence-corrected chi connectivity index (χ1v) is 7.03.